The SMILES string of the molecule is CC[C@H]1C[C@H]1CCCC[C@H]1CCC(=O)[C@@H]1CCCCCC(O)(OC)C(=O)O. The van der Waals surface area contributed by atoms with Crippen LogP contribution in [0, 0.1) is 23.7 Å². The first kappa shape index (κ1) is 22.4. The van der Waals surface area contributed by atoms with Crippen LogP contribution in [0.4, 0.5) is 0 Å². The van der Waals surface area contributed by atoms with E-state index < -0.39 is 11.8 Å². The Morgan fingerprint density at radius 2 is 1.74 bits per heavy atom. The van der Waals surface area contributed by atoms with Crippen LogP contribution in [-0.4, -0.2) is 34.9 Å². The second kappa shape index (κ2) is 10.6. The van der Waals surface area contributed by atoms with Gasteiger partial charge in [0.05, 0.1) is 0 Å². The number of rotatable bonds is 14. The van der Waals surface area contributed by atoms with Crippen molar-refractivity contribution in [1.29, 1.82) is 0 Å². The predicted molar refractivity (Wildman–Crippen MR) is 104 cm³/mol. The fourth-order valence-corrected chi connectivity index (χ4v) is 4.90. The number of carboxylic acids is 1. The average Bonchev–Trinajstić information content (AvgIpc) is 3.34. The van der Waals surface area contributed by atoms with Gasteiger partial charge in [0.25, 0.3) is 5.79 Å². The molecule has 2 saturated carbocycles. The summed E-state index contributed by atoms with van der Waals surface area (Å²) in [6.07, 6.45) is 13.0. The number of carbonyl (C=O) groups is 2. The number of hydrogen-bond donors (Lipinski definition) is 2. The predicted octanol–water partition coefficient (Wildman–Crippen LogP) is 4.56. The van der Waals surface area contributed by atoms with E-state index >= 15 is 0 Å². The fraction of sp³-hybridized carbons (Fsp3) is 0.909. The minimum atomic E-state index is -2.08. The summed E-state index contributed by atoms with van der Waals surface area (Å²) in [4.78, 5) is 23.2. The molecule has 156 valence electrons. The molecule has 0 saturated heterocycles. The summed E-state index contributed by atoms with van der Waals surface area (Å²) in [5.74, 6) is -0.275. The maximum atomic E-state index is 12.2. The first-order valence-corrected chi connectivity index (χ1v) is 10.9. The smallest absolute Gasteiger partial charge is 0.364 e. The van der Waals surface area contributed by atoms with E-state index in [1.165, 1.54) is 45.6 Å². The van der Waals surface area contributed by atoms with Crippen LogP contribution in [-0.2, 0) is 14.3 Å². The van der Waals surface area contributed by atoms with Gasteiger partial charge in [0.2, 0.25) is 0 Å². The molecule has 0 aromatic rings. The van der Waals surface area contributed by atoms with Gasteiger partial charge in [0.1, 0.15) is 5.78 Å². The van der Waals surface area contributed by atoms with Crippen molar-refractivity contribution in [3.63, 3.8) is 0 Å². The highest BCUT2D eigenvalue weighted by Crippen LogP contribution is 2.45. The fourth-order valence-electron chi connectivity index (χ4n) is 4.90. The van der Waals surface area contributed by atoms with Crippen LogP contribution in [0.3, 0.4) is 0 Å². The largest absolute Gasteiger partial charge is 0.477 e. The van der Waals surface area contributed by atoms with Crippen LogP contribution in [0.25, 0.3) is 0 Å². The lowest BCUT2D eigenvalue weighted by molar-refractivity contribution is -0.216. The van der Waals surface area contributed by atoms with Crippen molar-refractivity contribution in [2.24, 2.45) is 23.7 Å². The molecule has 27 heavy (non-hydrogen) atoms. The van der Waals surface area contributed by atoms with Crippen molar-refractivity contribution < 1.29 is 24.5 Å². The van der Waals surface area contributed by atoms with E-state index in [1.807, 2.05) is 0 Å². The molecular weight excluding hydrogens is 344 g/mol. The molecule has 2 N–H and O–H groups in total. The summed E-state index contributed by atoms with van der Waals surface area (Å²) < 4.78 is 4.71. The van der Waals surface area contributed by atoms with Crippen molar-refractivity contribution in [3.05, 3.63) is 0 Å². The minimum absolute atomic E-state index is 0.0841. The van der Waals surface area contributed by atoms with Crippen LogP contribution in [0.2, 0.25) is 0 Å². The summed E-state index contributed by atoms with van der Waals surface area (Å²) >= 11 is 0. The van der Waals surface area contributed by atoms with E-state index in [0.717, 1.165) is 43.9 Å². The zero-order valence-electron chi connectivity index (χ0n) is 17.1. The van der Waals surface area contributed by atoms with Gasteiger partial charge >= 0.3 is 5.97 Å². The number of aliphatic carboxylic acids is 1. The average molecular weight is 383 g/mol. The topological polar surface area (TPSA) is 83.8 Å². The Balaban J connectivity index is 1.60. The zero-order valence-corrected chi connectivity index (χ0v) is 17.1. The van der Waals surface area contributed by atoms with Crippen molar-refractivity contribution in [1.82, 2.24) is 0 Å². The third-order valence-electron chi connectivity index (χ3n) is 6.94. The molecule has 0 bridgehead atoms. The first-order chi connectivity index (χ1) is 12.9. The van der Waals surface area contributed by atoms with Crippen LogP contribution in [0.15, 0.2) is 0 Å². The summed E-state index contributed by atoms with van der Waals surface area (Å²) in [5, 5.41) is 18.8. The Kier molecular flexibility index (Phi) is 8.74. The molecule has 5 heteroatoms. The van der Waals surface area contributed by atoms with Crippen LogP contribution in [0.5, 0.6) is 0 Å². The van der Waals surface area contributed by atoms with Gasteiger partial charge in [-0.3, -0.25) is 4.79 Å². The number of carboxylic acid groups (broad SMARTS) is 1. The molecule has 0 aromatic carbocycles. The van der Waals surface area contributed by atoms with Gasteiger partial charge in [0.15, 0.2) is 0 Å². The number of Topliss-reactive ketones (excluding diaryl/α,β-unsaturated/α-hetero) is 1. The molecule has 0 aromatic heterocycles. The second-order valence-electron chi connectivity index (χ2n) is 8.71. The lowest BCUT2D eigenvalue weighted by atomic mass is 9.86. The Bertz CT molecular complexity index is 491. The Hall–Kier alpha value is -0.940. The molecule has 0 spiro atoms. The van der Waals surface area contributed by atoms with Crippen molar-refractivity contribution in [2.75, 3.05) is 7.11 Å². The normalized spacial score (nSPS) is 29.7. The van der Waals surface area contributed by atoms with Gasteiger partial charge in [-0.15, -0.1) is 0 Å². The van der Waals surface area contributed by atoms with Gasteiger partial charge in [-0.05, 0) is 49.9 Å². The maximum Gasteiger partial charge on any atom is 0.364 e. The van der Waals surface area contributed by atoms with Crippen molar-refractivity contribution in [3.8, 4) is 0 Å². The first-order valence-electron chi connectivity index (χ1n) is 10.9. The molecule has 1 unspecified atom stereocenters. The lowest BCUT2D eigenvalue weighted by Crippen LogP contribution is -2.40. The molecule has 2 aliphatic rings. The Morgan fingerprint density at radius 1 is 1.07 bits per heavy atom. The minimum Gasteiger partial charge on any atom is -0.477 e. The second-order valence-corrected chi connectivity index (χ2v) is 8.71. The number of methoxy groups -OCH3 is 1. The number of ketones is 1. The number of hydrogen-bond acceptors (Lipinski definition) is 4. The molecular formula is C22H38O5. The highest BCUT2D eigenvalue weighted by molar-refractivity contribution is 5.83. The quantitative estimate of drug-likeness (QED) is 0.340. The third kappa shape index (κ3) is 6.56. The van der Waals surface area contributed by atoms with E-state index in [1.54, 1.807) is 0 Å². The zero-order chi connectivity index (χ0) is 19.9. The number of unbranched alkanes of at least 4 members (excludes halogenated alkanes) is 3. The van der Waals surface area contributed by atoms with Gasteiger partial charge in [-0.2, -0.15) is 0 Å². The van der Waals surface area contributed by atoms with E-state index in [-0.39, 0.29) is 12.3 Å². The van der Waals surface area contributed by atoms with E-state index in [9.17, 15) is 14.7 Å². The summed E-state index contributed by atoms with van der Waals surface area (Å²) in [5.41, 5.74) is 0. The van der Waals surface area contributed by atoms with E-state index in [2.05, 4.69) is 6.92 Å². The molecule has 2 rings (SSSR count). The number of ether oxygens (including phenoxy) is 1. The van der Waals surface area contributed by atoms with Gasteiger partial charge in [0, 0.05) is 25.9 Å². The van der Waals surface area contributed by atoms with Crippen molar-refractivity contribution in [2.45, 2.75) is 96.2 Å². The van der Waals surface area contributed by atoms with Gasteiger partial charge in [-0.1, -0.05) is 45.4 Å². The van der Waals surface area contributed by atoms with Crippen LogP contribution >= 0.6 is 0 Å². The highest BCUT2D eigenvalue weighted by Gasteiger charge is 2.37. The number of aliphatic hydroxyl groups is 1. The van der Waals surface area contributed by atoms with E-state index in [0.29, 0.717) is 18.1 Å². The molecule has 2 aliphatic carbocycles. The van der Waals surface area contributed by atoms with Gasteiger partial charge < -0.3 is 14.9 Å². The van der Waals surface area contributed by atoms with Crippen molar-refractivity contribution >= 4 is 11.8 Å². The molecule has 5 atom stereocenters. The monoisotopic (exact) mass is 382 g/mol. The summed E-state index contributed by atoms with van der Waals surface area (Å²) in [6.45, 7) is 2.29. The van der Waals surface area contributed by atoms with Gasteiger partial charge in [-0.25, -0.2) is 4.79 Å². The molecule has 0 radical (unpaired) electrons. The maximum absolute atomic E-state index is 12.2. The lowest BCUT2D eigenvalue weighted by Gasteiger charge is -2.21. The van der Waals surface area contributed by atoms with Crippen LogP contribution in [0.1, 0.15) is 90.4 Å². The molecule has 0 amide bonds. The van der Waals surface area contributed by atoms with E-state index in [4.69, 9.17) is 9.84 Å². The molecule has 0 heterocycles. The highest BCUT2D eigenvalue weighted by atomic mass is 16.6. The number of carbonyl (C=O) groups excluding carboxylic acids is 1. The summed E-state index contributed by atoms with van der Waals surface area (Å²) in [6, 6.07) is 0. The standard InChI is InChI=1S/C22H38O5/c1-3-16-15-18(16)10-7-6-9-17-12-13-20(23)19(17)11-5-4-8-14-22(26,27-2)21(24)25/h16-19,26H,3-15H2,1-2H3,(H,24,25)/t16-,17-,18+,19+,22?/m0/s1. The molecule has 5 nitrogen and oxygen atoms in total. The molecule has 0 aliphatic heterocycles. The summed E-state index contributed by atoms with van der Waals surface area (Å²) in [7, 11) is 1.21. The Labute approximate surface area is 163 Å². The molecule has 2 fully saturated rings. The van der Waals surface area contributed by atoms with Crippen LogP contribution < -0.4 is 0 Å². The third-order valence-corrected chi connectivity index (χ3v) is 6.94. The Morgan fingerprint density at radius 3 is 2.33 bits per heavy atom.